The van der Waals surface area contributed by atoms with Crippen LogP contribution in [-0.2, 0) is 20.5 Å². The molecule has 10 heteroatoms. The number of carbonyl (C=O) groups is 3. The van der Waals surface area contributed by atoms with E-state index < -0.39 is 46.7 Å². The highest BCUT2D eigenvalue weighted by Crippen LogP contribution is 2.38. The number of aromatic nitrogens is 1. The number of piperidine rings is 1. The number of ether oxygens (including phenoxy) is 1. The van der Waals surface area contributed by atoms with Gasteiger partial charge in [-0.3, -0.25) is 14.6 Å². The summed E-state index contributed by atoms with van der Waals surface area (Å²) in [5.74, 6) is -2.45. The molecule has 1 aromatic heterocycles. The van der Waals surface area contributed by atoms with Gasteiger partial charge < -0.3 is 15.0 Å². The van der Waals surface area contributed by atoms with Crippen LogP contribution in [0.15, 0.2) is 18.3 Å². The van der Waals surface area contributed by atoms with Crippen molar-refractivity contribution < 1.29 is 32.3 Å². The molecule has 3 heterocycles. The summed E-state index contributed by atoms with van der Waals surface area (Å²) >= 11 is 0. The first-order valence-corrected chi connectivity index (χ1v) is 9.20. The van der Waals surface area contributed by atoms with E-state index in [1.165, 1.54) is 11.0 Å². The van der Waals surface area contributed by atoms with Crippen molar-refractivity contribution in [3.05, 3.63) is 29.6 Å². The van der Waals surface area contributed by atoms with E-state index in [1.807, 2.05) is 0 Å². The Bertz CT molecular complexity index is 840. The molecule has 1 N–H and O–H groups in total. The Morgan fingerprint density at radius 1 is 1.24 bits per heavy atom. The minimum absolute atomic E-state index is 0.0405. The largest absolute Gasteiger partial charge is 0.444 e. The smallest absolute Gasteiger partial charge is 0.433 e. The van der Waals surface area contributed by atoms with E-state index in [2.05, 4.69) is 10.3 Å². The maximum absolute atomic E-state index is 13.0. The highest BCUT2D eigenvalue weighted by Gasteiger charge is 2.54. The number of carbonyl (C=O) groups excluding carboxylic acids is 3. The van der Waals surface area contributed by atoms with Crippen molar-refractivity contribution in [3.8, 4) is 0 Å². The van der Waals surface area contributed by atoms with Gasteiger partial charge in [-0.1, -0.05) is 0 Å². The maximum Gasteiger partial charge on any atom is 0.433 e. The van der Waals surface area contributed by atoms with E-state index >= 15 is 0 Å². The van der Waals surface area contributed by atoms with E-state index in [1.54, 1.807) is 20.8 Å². The zero-order valence-corrected chi connectivity index (χ0v) is 16.3. The molecule has 3 rings (SSSR count). The first-order chi connectivity index (χ1) is 13.3. The second-order valence-electron chi connectivity index (χ2n) is 8.31. The monoisotopic (exact) mass is 413 g/mol. The Hall–Kier alpha value is -2.65. The second kappa shape index (κ2) is 7.00. The third-order valence-electron chi connectivity index (χ3n) is 5.03. The summed E-state index contributed by atoms with van der Waals surface area (Å²) in [6.07, 6.45) is -3.90. The zero-order chi connectivity index (χ0) is 21.6. The summed E-state index contributed by atoms with van der Waals surface area (Å²) in [6, 6.07) is 1.98. The van der Waals surface area contributed by atoms with Crippen LogP contribution >= 0.6 is 0 Å². The molecule has 158 valence electrons. The number of nitrogens with zero attached hydrogens (tertiary/aromatic N) is 2. The molecule has 2 aliphatic heterocycles. The Morgan fingerprint density at radius 2 is 1.86 bits per heavy atom. The molecule has 0 aliphatic carbocycles. The average molecular weight is 413 g/mol. The third kappa shape index (κ3) is 4.20. The molecule has 7 nitrogen and oxygen atoms in total. The minimum atomic E-state index is -4.68. The predicted molar refractivity (Wildman–Crippen MR) is 94.9 cm³/mol. The van der Waals surface area contributed by atoms with E-state index in [4.69, 9.17) is 4.74 Å². The van der Waals surface area contributed by atoms with Crippen LogP contribution in [0.3, 0.4) is 0 Å². The minimum Gasteiger partial charge on any atom is -0.444 e. The number of halogens is 3. The predicted octanol–water partition coefficient (Wildman–Crippen LogP) is 2.65. The molecule has 2 amide bonds. The quantitative estimate of drug-likeness (QED) is 0.715. The lowest BCUT2D eigenvalue weighted by atomic mass is 9.80. The Morgan fingerprint density at radius 3 is 2.41 bits per heavy atom. The van der Waals surface area contributed by atoms with E-state index in [9.17, 15) is 27.6 Å². The summed E-state index contributed by atoms with van der Waals surface area (Å²) < 4.78 is 44.1. The maximum atomic E-state index is 13.0. The topological polar surface area (TPSA) is 88.6 Å². The van der Waals surface area contributed by atoms with Crippen LogP contribution in [0.4, 0.5) is 18.0 Å². The van der Waals surface area contributed by atoms with Gasteiger partial charge >= 0.3 is 12.3 Å². The molecule has 0 radical (unpaired) electrons. The van der Waals surface area contributed by atoms with Gasteiger partial charge in [-0.05, 0) is 51.3 Å². The van der Waals surface area contributed by atoms with Crippen LogP contribution in [0.5, 0.6) is 0 Å². The van der Waals surface area contributed by atoms with Crippen molar-refractivity contribution in [3.63, 3.8) is 0 Å². The van der Waals surface area contributed by atoms with Crippen molar-refractivity contribution in [2.45, 2.75) is 56.8 Å². The highest BCUT2D eigenvalue weighted by atomic mass is 19.4. The van der Waals surface area contributed by atoms with Gasteiger partial charge in [0.2, 0.25) is 5.91 Å². The van der Waals surface area contributed by atoms with Crippen LogP contribution in [0, 0.1) is 0 Å². The second-order valence-corrected chi connectivity index (χ2v) is 8.31. The van der Waals surface area contributed by atoms with Gasteiger partial charge in [0, 0.05) is 19.3 Å². The standard InChI is InChI=1S/C19H22F3N3O4/c1-17(2,3)29-16(28)25-8-5-18(6-9-25)14(26)13(15(27)24-18)11-4-7-23-12(10-11)19(20,21)22/h4,7,10,13H,5-6,8-9H2,1-3H3,(H,24,27). The molecule has 0 saturated carbocycles. The van der Waals surface area contributed by atoms with Crippen molar-refractivity contribution in [1.29, 1.82) is 0 Å². The first-order valence-electron chi connectivity index (χ1n) is 9.20. The SMILES string of the molecule is CC(C)(C)OC(=O)N1CCC2(CC1)NC(=O)C(c1ccnc(C(F)(F)F)c1)C2=O. The average Bonchev–Trinajstić information content (AvgIpc) is 2.83. The van der Waals surface area contributed by atoms with Crippen molar-refractivity contribution >= 4 is 17.8 Å². The first kappa shape index (κ1) is 21.1. The number of amides is 2. The van der Waals surface area contributed by atoms with Crippen LogP contribution in [-0.4, -0.2) is 51.9 Å². The van der Waals surface area contributed by atoms with E-state index in [-0.39, 0.29) is 31.5 Å². The van der Waals surface area contributed by atoms with Crippen LogP contribution in [0.1, 0.15) is 50.8 Å². The summed E-state index contributed by atoms with van der Waals surface area (Å²) in [6.45, 7) is 5.61. The summed E-state index contributed by atoms with van der Waals surface area (Å²) in [5.41, 5.74) is -3.05. The zero-order valence-electron chi connectivity index (χ0n) is 16.3. The number of nitrogens with one attached hydrogen (secondary N) is 1. The summed E-state index contributed by atoms with van der Waals surface area (Å²) in [5, 5.41) is 2.66. The highest BCUT2D eigenvalue weighted by molar-refractivity contribution is 6.17. The molecule has 1 atom stereocenters. The van der Waals surface area contributed by atoms with Crippen LogP contribution < -0.4 is 5.32 Å². The number of Topliss-reactive ketones (excluding diaryl/α,β-unsaturated/α-hetero) is 1. The van der Waals surface area contributed by atoms with Gasteiger partial charge in [0.25, 0.3) is 0 Å². The normalized spacial score (nSPS) is 22.0. The Kier molecular flexibility index (Phi) is 5.08. The molecule has 1 spiro atoms. The lowest BCUT2D eigenvalue weighted by Crippen LogP contribution is -2.56. The number of hydrogen-bond donors (Lipinski definition) is 1. The number of pyridine rings is 1. The molecular formula is C19H22F3N3O4. The fourth-order valence-electron chi connectivity index (χ4n) is 3.62. The fraction of sp³-hybridized carbons (Fsp3) is 0.579. The van der Waals surface area contributed by atoms with Crippen molar-refractivity contribution in [1.82, 2.24) is 15.2 Å². The van der Waals surface area contributed by atoms with Gasteiger partial charge in [-0.2, -0.15) is 13.2 Å². The molecule has 1 aromatic rings. The Labute approximate surface area is 165 Å². The lowest BCUT2D eigenvalue weighted by Gasteiger charge is -2.38. The van der Waals surface area contributed by atoms with Gasteiger partial charge in [0.15, 0.2) is 5.78 Å². The van der Waals surface area contributed by atoms with E-state index in [0.29, 0.717) is 0 Å². The number of alkyl halides is 3. The molecule has 29 heavy (non-hydrogen) atoms. The number of hydrogen-bond acceptors (Lipinski definition) is 5. The van der Waals surface area contributed by atoms with Crippen molar-refractivity contribution in [2.75, 3.05) is 13.1 Å². The third-order valence-corrected chi connectivity index (χ3v) is 5.03. The summed E-state index contributed by atoms with van der Waals surface area (Å²) in [4.78, 5) is 42.4. The number of rotatable bonds is 1. The fourth-order valence-corrected chi connectivity index (χ4v) is 3.62. The van der Waals surface area contributed by atoms with Gasteiger partial charge in [-0.15, -0.1) is 0 Å². The van der Waals surface area contributed by atoms with Crippen molar-refractivity contribution in [2.24, 2.45) is 0 Å². The van der Waals surface area contributed by atoms with Gasteiger partial charge in [-0.25, -0.2) is 4.79 Å². The number of ketones is 1. The molecule has 0 bridgehead atoms. The van der Waals surface area contributed by atoms with Crippen LogP contribution in [0.25, 0.3) is 0 Å². The van der Waals surface area contributed by atoms with Gasteiger partial charge in [0.05, 0.1) is 0 Å². The molecule has 1 unspecified atom stereocenters. The Balaban J connectivity index is 1.76. The molecule has 2 fully saturated rings. The van der Waals surface area contributed by atoms with Crippen LogP contribution in [0.2, 0.25) is 0 Å². The molecular weight excluding hydrogens is 391 g/mol. The summed E-state index contributed by atoms with van der Waals surface area (Å²) in [7, 11) is 0. The van der Waals surface area contributed by atoms with Gasteiger partial charge in [0.1, 0.15) is 22.8 Å². The number of likely N-dealkylation sites (tertiary alicyclic amines) is 1. The van der Waals surface area contributed by atoms with E-state index in [0.717, 1.165) is 12.3 Å². The lowest BCUT2D eigenvalue weighted by molar-refractivity contribution is -0.141. The molecule has 0 aromatic carbocycles. The molecule has 2 saturated heterocycles. The molecule has 2 aliphatic rings.